The summed E-state index contributed by atoms with van der Waals surface area (Å²) in [5, 5.41) is -0.329. The van der Waals surface area contributed by atoms with Gasteiger partial charge in [0.05, 0.1) is 5.02 Å². The van der Waals surface area contributed by atoms with E-state index >= 15 is 0 Å². The number of rotatable bonds is 0. The predicted octanol–water partition coefficient (Wildman–Crippen LogP) is 3.06. The normalized spacial score (nSPS) is 11.8. The van der Waals surface area contributed by atoms with E-state index < -0.39 is 11.9 Å². The highest BCUT2D eigenvalue weighted by atomic mass is 35.5. The number of halogens is 4. The van der Waals surface area contributed by atoms with Crippen LogP contribution in [-0.2, 0) is 6.18 Å². The van der Waals surface area contributed by atoms with Gasteiger partial charge in [-0.15, -0.1) is 0 Å². The van der Waals surface area contributed by atoms with Gasteiger partial charge >= 0.3 is 6.18 Å². The molecule has 0 atom stereocenters. The Balaban J connectivity index is 3.26. The fraction of sp³-hybridized carbons (Fsp3) is 0.286. The lowest BCUT2D eigenvalue weighted by atomic mass is 10.2. The second-order valence-corrected chi connectivity index (χ2v) is 2.67. The molecule has 0 aliphatic heterocycles. The van der Waals surface area contributed by atoms with Crippen molar-refractivity contribution in [3.63, 3.8) is 0 Å². The van der Waals surface area contributed by atoms with E-state index in [2.05, 4.69) is 4.98 Å². The van der Waals surface area contributed by atoms with Crippen molar-refractivity contribution in [3.05, 3.63) is 28.5 Å². The summed E-state index contributed by atoms with van der Waals surface area (Å²) in [7, 11) is 0. The molecule has 66 valence electrons. The molecule has 0 radical (unpaired) electrons. The quantitative estimate of drug-likeness (QED) is 0.620. The van der Waals surface area contributed by atoms with Gasteiger partial charge in [-0.2, -0.15) is 13.2 Å². The maximum atomic E-state index is 12.1. The number of pyridine rings is 1. The molecule has 1 heterocycles. The summed E-state index contributed by atoms with van der Waals surface area (Å²) in [6.07, 6.45) is -3.38. The lowest BCUT2D eigenvalue weighted by molar-refractivity contribution is -0.141. The van der Waals surface area contributed by atoms with Crippen molar-refractivity contribution in [2.75, 3.05) is 0 Å². The molecule has 0 unspecified atom stereocenters. The fourth-order valence-electron chi connectivity index (χ4n) is 0.738. The van der Waals surface area contributed by atoms with Crippen molar-refractivity contribution in [1.82, 2.24) is 4.98 Å². The number of hydrogen-bond donors (Lipinski definition) is 0. The summed E-state index contributed by atoms with van der Waals surface area (Å²) in [5.74, 6) is 0. The highest BCUT2D eigenvalue weighted by Crippen LogP contribution is 2.33. The van der Waals surface area contributed by atoms with Gasteiger partial charge in [-0.1, -0.05) is 11.6 Å². The largest absolute Gasteiger partial charge is 0.434 e. The molecule has 12 heavy (non-hydrogen) atoms. The monoisotopic (exact) mass is 195 g/mol. The third kappa shape index (κ3) is 1.69. The predicted molar refractivity (Wildman–Crippen MR) is 39.0 cm³/mol. The van der Waals surface area contributed by atoms with Crippen LogP contribution in [0.5, 0.6) is 0 Å². The van der Waals surface area contributed by atoms with Crippen LogP contribution in [0.25, 0.3) is 0 Å². The molecular weight excluding hydrogens is 191 g/mol. The molecule has 0 aromatic carbocycles. The number of hydrogen-bond acceptors (Lipinski definition) is 1. The lowest BCUT2D eigenvalue weighted by Crippen LogP contribution is -2.09. The first-order chi connectivity index (χ1) is 5.43. The lowest BCUT2D eigenvalue weighted by Gasteiger charge is -2.08. The second-order valence-electron chi connectivity index (χ2n) is 2.29. The molecule has 0 aliphatic carbocycles. The van der Waals surface area contributed by atoms with E-state index in [1.165, 1.54) is 13.0 Å². The average Bonchev–Trinajstić information content (AvgIpc) is 1.92. The minimum atomic E-state index is -4.47. The fourth-order valence-corrected chi connectivity index (χ4v) is 0.957. The van der Waals surface area contributed by atoms with Gasteiger partial charge in [-0.25, -0.2) is 0 Å². The third-order valence-corrected chi connectivity index (χ3v) is 1.83. The van der Waals surface area contributed by atoms with E-state index in [0.717, 1.165) is 6.20 Å². The van der Waals surface area contributed by atoms with E-state index in [0.29, 0.717) is 5.56 Å². The van der Waals surface area contributed by atoms with Crippen LogP contribution in [0.2, 0.25) is 5.02 Å². The highest BCUT2D eigenvalue weighted by Gasteiger charge is 2.35. The van der Waals surface area contributed by atoms with Gasteiger partial charge in [0.25, 0.3) is 0 Å². The number of nitrogens with zero attached hydrogens (tertiary/aromatic N) is 1. The van der Waals surface area contributed by atoms with Crippen molar-refractivity contribution < 1.29 is 13.2 Å². The van der Waals surface area contributed by atoms with Crippen molar-refractivity contribution in [2.45, 2.75) is 13.1 Å². The van der Waals surface area contributed by atoms with Gasteiger partial charge in [0.1, 0.15) is 0 Å². The zero-order valence-electron chi connectivity index (χ0n) is 6.11. The minimum absolute atomic E-state index is 0.329. The maximum absolute atomic E-state index is 12.1. The summed E-state index contributed by atoms with van der Waals surface area (Å²) >= 11 is 5.40. The Kier molecular flexibility index (Phi) is 2.28. The number of alkyl halides is 3. The molecule has 1 aromatic rings. The first kappa shape index (κ1) is 9.32. The van der Waals surface area contributed by atoms with E-state index in [-0.39, 0.29) is 5.02 Å². The summed E-state index contributed by atoms with van der Waals surface area (Å²) in [6.45, 7) is 1.50. The Bertz CT molecular complexity index is 295. The van der Waals surface area contributed by atoms with Gasteiger partial charge in [0.15, 0.2) is 5.69 Å². The van der Waals surface area contributed by atoms with Crippen molar-refractivity contribution >= 4 is 11.6 Å². The third-order valence-electron chi connectivity index (χ3n) is 1.35. The SMILES string of the molecule is Cc1ccnc(C(F)(F)F)c1Cl. The summed E-state index contributed by atoms with van der Waals surface area (Å²) in [4.78, 5) is 3.15. The van der Waals surface area contributed by atoms with Crippen LogP contribution in [-0.4, -0.2) is 4.98 Å². The first-order valence-corrected chi connectivity index (χ1v) is 3.49. The molecular formula is C7H5ClF3N. The molecule has 1 nitrogen and oxygen atoms in total. The highest BCUT2D eigenvalue weighted by molar-refractivity contribution is 6.32. The standard InChI is InChI=1S/C7H5ClF3N/c1-4-2-3-12-6(5(4)8)7(9,10)11/h2-3H,1H3. The molecule has 0 amide bonds. The smallest absolute Gasteiger partial charge is 0.250 e. The van der Waals surface area contributed by atoms with E-state index in [4.69, 9.17) is 11.6 Å². The van der Waals surface area contributed by atoms with Crippen LogP contribution in [0.1, 0.15) is 11.3 Å². The Hall–Kier alpha value is -0.770. The molecule has 0 bridgehead atoms. The van der Waals surface area contributed by atoms with Crippen molar-refractivity contribution in [3.8, 4) is 0 Å². The van der Waals surface area contributed by atoms with E-state index in [9.17, 15) is 13.2 Å². The van der Waals surface area contributed by atoms with Crippen molar-refractivity contribution in [1.29, 1.82) is 0 Å². The summed E-state index contributed by atoms with van der Waals surface area (Å²) in [5.41, 5.74) is -0.650. The minimum Gasteiger partial charge on any atom is -0.250 e. The Morgan fingerprint density at radius 1 is 1.42 bits per heavy atom. The van der Waals surface area contributed by atoms with Gasteiger partial charge in [-0.05, 0) is 18.6 Å². The first-order valence-electron chi connectivity index (χ1n) is 3.11. The molecule has 0 spiro atoms. The average molecular weight is 196 g/mol. The van der Waals surface area contributed by atoms with E-state index in [1.54, 1.807) is 0 Å². The van der Waals surface area contributed by atoms with Crippen LogP contribution >= 0.6 is 11.6 Å². The molecule has 0 saturated heterocycles. The van der Waals surface area contributed by atoms with Crippen LogP contribution in [0.3, 0.4) is 0 Å². The topological polar surface area (TPSA) is 12.9 Å². The summed E-state index contributed by atoms with van der Waals surface area (Å²) in [6, 6.07) is 1.43. The van der Waals surface area contributed by atoms with Crippen molar-refractivity contribution in [2.24, 2.45) is 0 Å². The van der Waals surface area contributed by atoms with Crippen LogP contribution in [0.15, 0.2) is 12.3 Å². The Morgan fingerprint density at radius 3 is 2.42 bits per heavy atom. The molecule has 0 N–H and O–H groups in total. The van der Waals surface area contributed by atoms with Crippen LogP contribution in [0.4, 0.5) is 13.2 Å². The van der Waals surface area contributed by atoms with Crippen LogP contribution < -0.4 is 0 Å². The van der Waals surface area contributed by atoms with Crippen LogP contribution in [0, 0.1) is 6.92 Å². The molecule has 0 aliphatic rings. The Labute approximate surface area is 72.2 Å². The molecule has 5 heteroatoms. The maximum Gasteiger partial charge on any atom is 0.434 e. The van der Waals surface area contributed by atoms with Gasteiger partial charge in [0, 0.05) is 6.20 Å². The van der Waals surface area contributed by atoms with Gasteiger partial charge in [-0.3, -0.25) is 4.98 Å². The number of aryl methyl sites for hydroxylation is 1. The van der Waals surface area contributed by atoms with E-state index in [1.807, 2.05) is 0 Å². The zero-order chi connectivity index (χ0) is 9.35. The Morgan fingerprint density at radius 2 is 2.00 bits per heavy atom. The van der Waals surface area contributed by atoms with Gasteiger partial charge in [0.2, 0.25) is 0 Å². The molecule has 1 rings (SSSR count). The second kappa shape index (κ2) is 2.94. The zero-order valence-corrected chi connectivity index (χ0v) is 6.87. The summed E-state index contributed by atoms with van der Waals surface area (Å²) < 4.78 is 36.2. The molecule has 0 saturated carbocycles. The molecule has 1 aromatic heterocycles. The van der Waals surface area contributed by atoms with Gasteiger partial charge < -0.3 is 0 Å². The molecule has 0 fully saturated rings. The number of aromatic nitrogens is 1.